The highest BCUT2D eigenvalue weighted by Crippen LogP contribution is 2.41. The fourth-order valence-electron chi connectivity index (χ4n) is 3.57. The average molecular weight is 296 g/mol. The molecule has 2 aliphatic rings. The zero-order chi connectivity index (χ0) is 15.5. The summed E-state index contributed by atoms with van der Waals surface area (Å²) in [7, 11) is 5.25. The summed E-state index contributed by atoms with van der Waals surface area (Å²) in [6, 6.07) is 0.134. The summed E-state index contributed by atoms with van der Waals surface area (Å²) < 4.78 is 5.23. The molecule has 0 bridgehead atoms. The Morgan fingerprint density at radius 1 is 1.24 bits per heavy atom. The Kier molecular flexibility index (Phi) is 5.25. The van der Waals surface area contributed by atoms with Crippen molar-refractivity contribution in [2.45, 2.75) is 51.0 Å². The minimum Gasteiger partial charge on any atom is -0.384 e. The number of nitrogens with zero attached hydrogens (tertiary/aromatic N) is 1. The van der Waals surface area contributed by atoms with Crippen LogP contribution in [0.2, 0.25) is 0 Å². The van der Waals surface area contributed by atoms with E-state index in [-0.39, 0.29) is 29.2 Å². The molecule has 0 saturated heterocycles. The van der Waals surface area contributed by atoms with Gasteiger partial charge in [0.1, 0.15) is 0 Å². The topological polar surface area (TPSA) is 58.6 Å². The largest absolute Gasteiger partial charge is 0.384 e. The van der Waals surface area contributed by atoms with E-state index in [9.17, 15) is 9.59 Å². The summed E-state index contributed by atoms with van der Waals surface area (Å²) in [6.45, 7) is 0.506. The molecule has 0 aromatic heterocycles. The maximum Gasteiger partial charge on any atom is 0.228 e. The van der Waals surface area contributed by atoms with Crippen molar-refractivity contribution in [2.24, 2.45) is 11.3 Å². The molecule has 0 unspecified atom stereocenters. The van der Waals surface area contributed by atoms with Gasteiger partial charge in [-0.1, -0.05) is 12.8 Å². The van der Waals surface area contributed by atoms with Crippen LogP contribution in [0.15, 0.2) is 0 Å². The molecule has 5 nitrogen and oxygen atoms in total. The smallest absolute Gasteiger partial charge is 0.228 e. The van der Waals surface area contributed by atoms with Crippen LogP contribution >= 0.6 is 0 Å². The van der Waals surface area contributed by atoms with E-state index in [1.165, 1.54) is 0 Å². The highest BCUT2D eigenvalue weighted by atomic mass is 16.5. The minimum absolute atomic E-state index is 0.0545. The van der Waals surface area contributed by atoms with Gasteiger partial charge < -0.3 is 15.0 Å². The van der Waals surface area contributed by atoms with Gasteiger partial charge >= 0.3 is 0 Å². The van der Waals surface area contributed by atoms with E-state index in [0.29, 0.717) is 6.61 Å². The normalized spacial score (nSPS) is 27.6. The van der Waals surface area contributed by atoms with Crippen LogP contribution in [-0.2, 0) is 14.3 Å². The molecule has 5 heteroatoms. The van der Waals surface area contributed by atoms with Gasteiger partial charge in [0.25, 0.3) is 0 Å². The van der Waals surface area contributed by atoms with Gasteiger partial charge in [-0.2, -0.15) is 0 Å². The Morgan fingerprint density at radius 2 is 1.95 bits per heavy atom. The molecule has 2 amide bonds. The standard InChI is InChI=1S/C16H28N2O3/c1-18(2)14(19)12-6-4-7-13(10-12)17-15(20)16(11-21-3)8-5-9-16/h12-13H,4-11H2,1-3H3,(H,17,20)/t12-,13-/m1/s1. The first-order valence-corrected chi connectivity index (χ1v) is 7.99. The minimum atomic E-state index is -0.312. The summed E-state index contributed by atoms with van der Waals surface area (Å²) in [4.78, 5) is 26.3. The van der Waals surface area contributed by atoms with E-state index in [1.807, 2.05) is 0 Å². The van der Waals surface area contributed by atoms with E-state index in [4.69, 9.17) is 4.74 Å². The molecule has 0 radical (unpaired) electrons. The lowest BCUT2D eigenvalue weighted by molar-refractivity contribution is -0.142. The van der Waals surface area contributed by atoms with Crippen molar-refractivity contribution >= 4 is 11.8 Å². The Hall–Kier alpha value is -1.10. The summed E-state index contributed by atoms with van der Waals surface area (Å²) in [5.41, 5.74) is -0.312. The van der Waals surface area contributed by atoms with Gasteiger partial charge in [0.2, 0.25) is 11.8 Å². The van der Waals surface area contributed by atoms with Crippen molar-refractivity contribution in [3.63, 3.8) is 0 Å². The van der Waals surface area contributed by atoms with Crippen LogP contribution in [0.3, 0.4) is 0 Å². The molecule has 2 rings (SSSR count). The Balaban J connectivity index is 1.90. The van der Waals surface area contributed by atoms with Crippen molar-refractivity contribution < 1.29 is 14.3 Å². The Bertz CT molecular complexity index is 391. The molecular formula is C16H28N2O3. The van der Waals surface area contributed by atoms with Crippen molar-refractivity contribution in [2.75, 3.05) is 27.8 Å². The average Bonchev–Trinajstić information content (AvgIpc) is 2.42. The molecule has 0 aromatic carbocycles. The number of hydrogen-bond acceptors (Lipinski definition) is 3. The first kappa shape index (κ1) is 16.3. The van der Waals surface area contributed by atoms with Crippen LogP contribution < -0.4 is 5.32 Å². The molecule has 0 spiro atoms. The quantitative estimate of drug-likeness (QED) is 0.837. The number of hydrogen-bond donors (Lipinski definition) is 1. The first-order valence-electron chi connectivity index (χ1n) is 7.99. The lowest BCUT2D eigenvalue weighted by atomic mass is 9.68. The van der Waals surface area contributed by atoms with Crippen LogP contribution in [0.1, 0.15) is 44.9 Å². The van der Waals surface area contributed by atoms with Crippen LogP contribution in [-0.4, -0.2) is 50.6 Å². The highest BCUT2D eigenvalue weighted by Gasteiger charge is 2.45. The van der Waals surface area contributed by atoms with Crippen LogP contribution in [0.5, 0.6) is 0 Å². The van der Waals surface area contributed by atoms with Gasteiger partial charge in [-0.3, -0.25) is 9.59 Å². The Morgan fingerprint density at radius 3 is 2.48 bits per heavy atom. The van der Waals surface area contributed by atoms with E-state index in [0.717, 1.165) is 44.9 Å². The third-order valence-electron chi connectivity index (χ3n) is 5.01. The number of nitrogens with one attached hydrogen (secondary N) is 1. The molecule has 2 saturated carbocycles. The number of ether oxygens (including phenoxy) is 1. The molecule has 0 aromatic rings. The molecule has 1 N–H and O–H groups in total. The van der Waals surface area contributed by atoms with Crippen molar-refractivity contribution in [3.05, 3.63) is 0 Å². The third-order valence-corrected chi connectivity index (χ3v) is 5.01. The predicted octanol–water partition coefficient (Wildman–Crippen LogP) is 1.57. The number of amides is 2. The van der Waals surface area contributed by atoms with Crippen molar-refractivity contribution in [3.8, 4) is 0 Å². The summed E-state index contributed by atoms with van der Waals surface area (Å²) in [6.07, 6.45) is 6.62. The van der Waals surface area contributed by atoms with Crippen LogP contribution in [0.25, 0.3) is 0 Å². The number of carbonyl (C=O) groups excluding carboxylic acids is 2. The molecule has 0 aliphatic heterocycles. The summed E-state index contributed by atoms with van der Waals surface area (Å²) in [5.74, 6) is 0.363. The van der Waals surface area contributed by atoms with Gasteiger partial charge in [0.05, 0.1) is 12.0 Å². The van der Waals surface area contributed by atoms with Gasteiger partial charge in [0.15, 0.2) is 0 Å². The molecule has 2 atom stereocenters. The monoisotopic (exact) mass is 296 g/mol. The van der Waals surface area contributed by atoms with Gasteiger partial charge in [-0.15, -0.1) is 0 Å². The van der Waals surface area contributed by atoms with E-state index >= 15 is 0 Å². The van der Waals surface area contributed by atoms with E-state index in [1.54, 1.807) is 26.1 Å². The molecule has 21 heavy (non-hydrogen) atoms. The van der Waals surface area contributed by atoms with E-state index < -0.39 is 0 Å². The zero-order valence-electron chi connectivity index (χ0n) is 13.5. The summed E-state index contributed by atoms with van der Waals surface area (Å²) in [5, 5.41) is 3.18. The maximum atomic E-state index is 12.5. The van der Waals surface area contributed by atoms with Crippen molar-refractivity contribution in [1.29, 1.82) is 0 Å². The SMILES string of the molecule is COCC1(C(=O)N[C@@H]2CCC[C@@H](C(=O)N(C)C)C2)CCC1. The van der Waals surface area contributed by atoms with Crippen LogP contribution in [0, 0.1) is 11.3 Å². The maximum absolute atomic E-state index is 12.5. The van der Waals surface area contributed by atoms with Crippen molar-refractivity contribution in [1.82, 2.24) is 10.2 Å². The van der Waals surface area contributed by atoms with Gasteiger partial charge in [0, 0.05) is 33.2 Å². The molecule has 0 heterocycles. The highest BCUT2D eigenvalue weighted by molar-refractivity contribution is 5.84. The fraction of sp³-hybridized carbons (Fsp3) is 0.875. The van der Waals surface area contributed by atoms with Gasteiger partial charge in [-0.25, -0.2) is 0 Å². The third kappa shape index (κ3) is 3.57. The second-order valence-electron chi connectivity index (χ2n) is 6.83. The fourth-order valence-corrected chi connectivity index (χ4v) is 3.57. The first-order chi connectivity index (χ1) is 9.98. The van der Waals surface area contributed by atoms with Crippen LogP contribution in [0.4, 0.5) is 0 Å². The number of rotatable bonds is 5. The van der Waals surface area contributed by atoms with Gasteiger partial charge in [-0.05, 0) is 32.1 Å². The second-order valence-corrected chi connectivity index (χ2v) is 6.83. The molecular weight excluding hydrogens is 268 g/mol. The molecule has 2 fully saturated rings. The zero-order valence-corrected chi connectivity index (χ0v) is 13.5. The summed E-state index contributed by atoms with van der Waals surface area (Å²) >= 11 is 0. The predicted molar refractivity (Wildman–Crippen MR) is 80.7 cm³/mol. The lowest BCUT2D eigenvalue weighted by Crippen LogP contribution is -2.52. The molecule has 2 aliphatic carbocycles. The second kappa shape index (κ2) is 6.77. The lowest BCUT2D eigenvalue weighted by Gasteiger charge is -2.41. The number of methoxy groups -OCH3 is 1. The van der Waals surface area contributed by atoms with E-state index in [2.05, 4.69) is 5.32 Å². The molecule has 120 valence electrons. The Labute approximate surface area is 127 Å². The number of carbonyl (C=O) groups is 2.